The summed E-state index contributed by atoms with van der Waals surface area (Å²) in [5.74, 6) is -0.339. The van der Waals surface area contributed by atoms with Gasteiger partial charge in [-0.3, -0.25) is 0 Å². The van der Waals surface area contributed by atoms with Crippen LogP contribution < -0.4 is 5.32 Å². The molecule has 20 heavy (non-hydrogen) atoms. The lowest BCUT2D eigenvalue weighted by Crippen LogP contribution is -2.35. The maximum Gasteiger partial charge on any atom is 0.141 e. The highest BCUT2D eigenvalue weighted by Gasteiger charge is 2.33. The molecule has 1 N–H and O–H groups in total. The van der Waals surface area contributed by atoms with Gasteiger partial charge in [-0.1, -0.05) is 30.5 Å². The SMILES string of the molecule is COCCNCC1(Cc2ccc(F)c(Cl)c2)CCCC1. The number of nitrogens with one attached hydrogen (secondary N) is 1. The minimum atomic E-state index is -0.339. The van der Waals surface area contributed by atoms with Gasteiger partial charge >= 0.3 is 0 Å². The van der Waals surface area contributed by atoms with E-state index in [9.17, 15) is 4.39 Å². The van der Waals surface area contributed by atoms with E-state index in [1.165, 1.54) is 31.7 Å². The Hall–Kier alpha value is -0.640. The first kappa shape index (κ1) is 15.7. The molecule has 1 aromatic rings. The largest absolute Gasteiger partial charge is 0.383 e. The van der Waals surface area contributed by atoms with Gasteiger partial charge in [-0.2, -0.15) is 0 Å². The summed E-state index contributed by atoms with van der Waals surface area (Å²) in [5, 5.41) is 3.71. The minimum Gasteiger partial charge on any atom is -0.383 e. The van der Waals surface area contributed by atoms with Crippen LogP contribution in [0.5, 0.6) is 0 Å². The Kier molecular flexibility index (Phi) is 5.82. The molecule has 1 aromatic carbocycles. The first-order valence-electron chi connectivity index (χ1n) is 7.29. The molecule has 1 saturated carbocycles. The summed E-state index contributed by atoms with van der Waals surface area (Å²) in [7, 11) is 1.72. The lowest BCUT2D eigenvalue weighted by molar-refractivity contribution is 0.190. The second-order valence-electron chi connectivity index (χ2n) is 5.80. The number of methoxy groups -OCH3 is 1. The number of hydrogen-bond donors (Lipinski definition) is 1. The van der Waals surface area contributed by atoms with Gasteiger partial charge in [0.25, 0.3) is 0 Å². The summed E-state index contributed by atoms with van der Waals surface area (Å²) in [6.45, 7) is 2.60. The zero-order valence-corrected chi connectivity index (χ0v) is 12.8. The highest BCUT2D eigenvalue weighted by molar-refractivity contribution is 6.30. The zero-order chi connectivity index (χ0) is 14.4. The van der Waals surface area contributed by atoms with Gasteiger partial charge in [-0.25, -0.2) is 4.39 Å². The van der Waals surface area contributed by atoms with Crippen LogP contribution in [0.1, 0.15) is 31.2 Å². The van der Waals surface area contributed by atoms with Gasteiger partial charge in [-0.05, 0) is 42.4 Å². The molecule has 0 heterocycles. The molecule has 0 unspecified atom stereocenters. The third kappa shape index (κ3) is 4.18. The predicted molar refractivity (Wildman–Crippen MR) is 80.8 cm³/mol. The quantitative estimate of drug-likeness (QED) is 0.773. The average Bonchev–Trinajstić information content (AvgIpc) is 2.88. The van der Waals surface area contributed by atoms with E-state index in [1.54, 1.807) is 13.2 Å². The van der Waals surface area contributed by atoms with Gasteiger partial charge < -0.3 is 10.1 Å². The van der Waals surface area contributed by atoms with Crippen molar-refractivity contribution < 1.29 is 9.13 Å². The van der Waals surface area contributed by atoms with Crippen LogP contribution in [-0.4, -0.2) is 26.8 Å². The maximum absolute atomic E-state index is 13.2. The maximum atomic E-state index is 13.2. The second kappa shape index (κ2) is 7.39. The smallest absolute Gasteiger partial charge is 0.141 e. The molecule has 0 amide bonds. The summed E-state index contributed by atoms with van der Waals surface area (Å²) in [4.78, 5) is 0. The Labute approximate surface area is 125 Å². The standard InChI is InChI=1S/C16H23ClFNO/c1-20-9-8-19-12-16(6-2-3-7-16)11-13-4-5-15(18)14(17)10-13/h4-5,10,19H,2-3,6-9,11-12H2,1H3. The molecule has 112 valence electrons. The molecule has 0 aromatic heterocycles. The summed E-state index contributed by atoms with van der Waals surface area (Å²) in [6, 6.07) is 5.10. The average molecular weight is 300 g/mol. The van der Waals surface area contributed by atoms with Gasteiger partial charge in [0.15, 0.2) is 0 Å². The molecule has 2 rings (SSSR count). The van der Waals surface area contributed by atoms with Crippen molar-refractivity contribution in [3.8, 4) is 0 Å². The molecule has 1 aliphatic rings. The molecule has 0 aliphatic heterocycles. The van der Waals surface area contributed by atoms with Gasteiger partial charge in [0.1, 0.15) is 5.82 Å². The van der Waals surface area contributed by atoms with Crippen LogP contribution in [0, 0.1) is 11.2 Å². The number of benzene rings is 1. The monoisotopic (exact) mass is 299 g/mol. The Balaban J connectivity index is 1.99. The fourth-order valence-corrected chi connectivity index (χ4v) is 3.35. The Bertz CT molecular complexity index is 432. The van der Waals surface area contributed by atoms with Gasteiger partial charge in [-0.15, -0.1) is 0 Å². The first-order valence-corrected chi connectivity index (χ1v) is 7.67. The fraction of sp³-hybridized carbons (Fsp3) is 0.625. The summed E-state index contributed by atoms with van der Waals surface area (Å²) in [6.07, 6.45) is 5.97. The minimum absolute atomic E-state index is 0.225. The molecule has 2 nitrogen and oxygen atoms in total. The fourth-order valence-electron chi connectivity index (χ4n) is 3.15. The summed E-state index contributed by atoms with van der Waals surface area (Å²) < 4.78 is 18.3. The van der Waals surface area contributed by atoms with Crippen molar-refractivity contribution in [1.82, 2.24) is 5.32 Å². The molecular formula is C16H23ClFNO. The molecule has 0 spiro atoms. The first-order chi connectivity index (χ1) is 9.65. The normalized spacial score (nSPS) is 17.6. The molecule has 1 aliphatic carbocycles. The van der Waals surface area contributed by atoms with Crippen LogP contribution in [-0.2, 0) is 11.2 Å². The van der Waals surface area contributed by atoms with E-state index in [-0.39, 0.29) is 16.3 Å². The highest BCUT2D eigenvalue weighted by Crippen LogP contribution is 2.40. The van der Waals surface area contributed by atoms with Crippen molar-refractivity contribution >= 4 is 11.6 Å². The topological polar surface area (TPSA) is 21.3 Å². The number of ether oxygens (including phenoxy) is 1. The third-order valence-electron chi connectivity index (χ3n) is 4.21. The third-order valence-corrected chi connectivity index (χ3v) is 4.50. The molecule has 0 bridgehead atoms. The Morgan fingerprint density at radius 2 is 2.10 bits per heavy atom. The molecule has 1 fully saturated rings. The lowest BCUT2D eigenvalue weighted by Gasteiger charge is -2.29. The number of rotatable bonds is 7. The summed E-state index contributed by atoms with van der Waals surface area (Å²) in [5.41, 5.74) is 1.42. The van der Waals surface area contributed by atoms with Crippen molar-refractivity contribution in [1.29, 1.82) is 0 Å². The van der Waals surface area contributed by atoms with E-state index < -0.39 is 0 Å². The van der Waals surface area contributed by atoms with Crippen LogP contribution in [0.4, 0.5) is 4.39 Å². The van der Waals surface area contributed by atoms with E-state index in [0.717, 1.165) is 31.7 Å². The van der Waals surface area contributed by atoms with Crippen molar-refractivity contribution in [2.75, 3.05) is 26.8 Å². The Morgan fingerprint density at radius 1 is 1.35 bits per heavy atom. The van der Waals surface area contributed by atoms with Gasteiger partial charge in [0, 0.05) is 20.2 Å². The Morgan fingerprint density at radius 3 is 2.75 bits per heavy atom. The van der Waals surface area contributed by atoms with Crippen LogP contribution >= 0.6 is 11.6 Å². The highest BCUT2D eigenvalue weighted by atomic mass is 35.5. The summed E-state index contributed by atoms with van der Waals surface area (Å²) >= 11 is 5.88. The van der Waals surface area contributed by atoms with Crippen molar-refractivity contribution in [3.05, 3.63) is 34.6 Å². The van der Waals surface area contributed by atoms with Crippen molar-refractivity contribution in [3.63, 3.8) is 0 Å². The molecule has 0 radical (unpaired) electrons. The van der Waals surface area contributed by atoms with Crippen LogP contribution in [0.2, 0.25) is 5.02 Å². The van der Waals surface area contributed by atoms with Gasteiger partial charge in [0.2, 0.25) is 0 Å². The number of hydrogen-bond acceptors (Lipinski definition) is 2. The molecular weight excluding hydrogens is 277 g/mol. The van der Waals surface area contributed by atoms with Gasteiger partial charge in [0.05, 0.1) is 11.6 Å². The lowest BCUT2D eigenvalue weighted by atomic mass is 9.80. The van der Waals surface area contributed by atoms with Crippen molar-refractivity contribution in [2.24, 2.45) is 5.41 Å². The van der Waals surface area contributed by atoms with Crippen LogP contribution in [0.15, 0.2) is 18.2 Å². The number of halogens is 2. The van der Waals surface area contributed by atoms with E-state index in [2.05, 4.69) is 5.32 Å². The predicted octanol–water partition coefficient (Wildman–Crippen LogP) is 3.82. The second-order valence-corrected chi connectivity index (χ2v) is 6.21. The molecule has 0 saturated heterocycles. The van der Waals surface area contributed by atoms with E-state index in [4.69, 9.17) is 16.3 Å². The van der Waals surface area contributed by atoms with Crippen LogP contribution in [0.25, 0.3) is 0 Å². The van der Waals surface area contributed by atoms with Crippen molar-refractivity contribution in [2.45, 2.75) is 32.1 Å². The van der Waals surface area contributed by atoms with E-state index in [1.807, 2.05) is 6.07 Å². The molecule has 4 heteroatoms. The van der Waals surface area contributed by atoms with Crippen LogP contribution in [0.3, 0.4) is 0 Å². The van der Waals surface area contributed by atoms with E-state index in [0.29, 0.717) is 0 Å². The molecule has 0 atom stereocenters. The zero-order valence-electron chi connectivity index (χ0n) is 12.1. The van der Waals surface area contributed by atoms with E-state index >= 15 is 0 Å².